The minimum Gasteiger partial charge on any atom is -0.102 e. The fraction of sp³-hybridized carbons (Fsp3) is 0.286. The summed E-state index contributed by atoms with van der Waals surface area (Å²) < 4.78 is 0. The van der Waals surface area contributed by atoms with Crippen molar-refractivity contribution in [2.24, 2.45) is 5.92 Å². The second-order valence-corrected chi connectivity index (χ2v) is 3.94. The van der Waals surface area contributed by atoms with Crippen molar-refractivity contribution in [3.05, 3.63) is 53.6 Å². The lowest BCUT2D eigenvalue weighted by Gasteiger charge is -2.19. The SMILES string of the molecule is C=CC(C)C1=Cc2ccccc2CC1. The van der Waals surface area contributed by atoms with Gasteiger partial charge < -0.3 is 0 Å². The average molecular weight is 184 g/mol. The fourth-order valence-corrected chi connectivity index (χ4v) is 1.96. The molecule has 0 bridgehead atoms. The Morgan fingerprint density at radius 2 is 2.07 bits per heavy atom. The Balaban J connectivity index is 2.35. The summed E-state index contributed by atoms with van der Waals surface area (Å²) in [4.78, 5) is 0. The third kappa shape index (κ3) is 1.65. The molecule has 0 heteroatoms. The zero-order valence-electron chi connectivity index (χ0n) is 8.66. The highest BCUT2D eigenvalue weighted by molar-refractivity contribution is 5.60. The Morgan fingerprint density at radius 1 is 1.29 bits per heavy atom. The van der Waals surface area contributed by atoms with E-state index in [1.807, 2.05) is 6.08 Å². The Morgan fingerprint density at radius 3 is 2.86 bits per heavy atom. The van der Waals surface area contributed by atoms with Crippen LogP contribution in [0.2, 0.25) is 0 Å². The molecule has 0 saturated carbocycles. The summed E-state index contributed by atoms with van der Waals surface area (Å²) in [5, 5.41) is 0. The van der Waals surface area contributed by atoms with Gasteiger partial charge in [0, 0.05) is 0 Å². The van der Waals surface area contributed by atoms with Crippen molar-refractivity contribution in [3.63, 3.8) is 0 Å². The number of fused-ring (bicyclic) bond motifs is 1. The molecule has 0 saturated heterocycles. The van der Waals surface area contributed by atoms with Crippen LogP contribution in [0.15, 0.2) is 42.5 Å². The van der Waals surface area contributed by atoms with Crippen LogP contribution >= 0.6 is 0 Å². The van der Waals surface area contributed by atoms with Crippen LogP contribution in [-0.2, 0) is 6.42 Å². The van der Waals surface area contributed by atoms with Gasteiger partial charge in [-0.15, -0.1) is 6.58 Å². The Kier molecular flexibility index (Phi) is 2.53. The standard InChI is InChI=1S/C14H16/c1-3-11(2)13-9-8-12-6-4-5-7-14(12)10-13/h3-7,10-11H,1,8-9H2,2H3. The predicted molar refractivity (Wildman–Crippen MR) is 62.1 cm³/mol. The predicted octanol–water partition coefficient (Wildman–Crippen LogP) is 3.84. The van der Waals surface area contributed by atoms with Gasteiger partial charge in [0.2, 0.25) is 0 Å². The normalized spacial score (nSPS) is 16.8. The van der Waals surface area contributed by atoms with E-state index in [4.69, 9.17) is 0 Å². The molecule has 0 amide bonds. The zero-order valence-corrected chi connectivity index (χ0v) is 8.66. The Labute approximate surface area is 86.0 Å². The second-order valence-electron chi connectivity index (χ2n) is 3.94. The molecule has 0 radical (unpaired) electrons. The molecule has 1 atom stereocenters. The minimum atomic E-state index is 0.517. The number of hydrogen-bond acceptors (Lipinski definition) is 0. The van der Waals surface area contributed by atoms with Crippen molar-refractivity contribution < 1.29 is 0 Å². The van der Waals surface area contributed by atoms with E-state index in [2.05, 4.69) is 43.8 Å². The zero-order chi connectivity index (χ0) is 9.97. The van der Waals surface area contributed by atoms with Gasteiger partial charge >= 0.3 is 0 Å². The topological polar surface area (TPSA) is 0 Å². The molecule has 0 heterocycles. The van der Waals surface area contributed by atoms with Gasteiger partial charge in [0.15, 0.2) is 0 Å². The van der Waals surface area contributed by atoms with Crippen LogP contribution in [0, 0.1) is 5.92 Å². The van der Waals surface area contributed by atoms with Gasteiger partial charge in [0.25, 0.3) is 0 Å². The molecule has 1 aromatic carbocycles. The van der Waals surface area contributed by atoms with Gasteiger partial charge in [-0.2, -0.15) is 0 Å². The lowest BCUT2D eigenvalue weighted by Crippen LogP contribution is -2.04. The van der Waals surface area contributed by atoms with E-state index in [-0.39, 0.29) is 0 Å². The maximum atomic E-state index is 3.85. The lowest BCUT2D eigenvalue weighted by atomic mass is 9.86. The summed E-state index contributed by atoms with van der Waals surface area (Å²) in [6.45, 7) is 6.07. The largest absolute Gasteiger partial charge is 0.102 e. The van der Waals surface area contributed by atoms with E-state index < -0.39 is 0 Å². The number of hydrogen-bond donors (Lipinski definition) is 0. The third-order valence-electron chi connectivity index (χ3n) is 3.02. The molecule has 1 aliphatic rings. The number of allylic oxidation sites excluding steroid dienone is 2. The molecule has 0 aromatic heterocycles. The second kappa shape index (κ2) is 3.83. The van der Waals surface area contributed by atoms with Gasteiger partial charge in [-0.1, -0.05) is 48.9 Å². The van der Waals surface area contributed by atoms with E-state index in [1.165, 1.54) is 29.5 Å². The molecular formula is C14H16. The lowest BCUT2D eigenvalue weighted by molar-refractivity contribution is 0.772. The average Bonchev–Trinajstić information content (AvgIpc) is 2.27. The van der Waals surface area contributed by atoms with Crippen LogP contribution in [0.3, 0.4) is 0 Å². The van der Waals surface area contributed by atoms with Crippen molar-refractivity contribution in [1.82, 2.24) is 0 Å². The molecule has 1 unspecified atom stereocenters. The molecule has 0 N–H and O–H groups in total. The maximum Gasteiger partial charge on any atom is -0.00509 e. The first-order valence-corrected chi connectivity index (χ1v) is 5.22. The summed E-state index contributed by atoms with van der Waals surface area (Å²) in [7, 11) is 0. The van der Waals surface area contributed by atoms with Crippen LogP contribution in [0.5, 0.6) is 0 Å². The Bertz CT molecular complexity index is 371. The summed E-state index contributed by atoms with van der Waals surface area (Å²) in [5.74, 6) is 0.517. The third-order valence-corrected chi connectivity index (χ3v) is 3.02. The number of aryl methyl sites for hydroxylation is 1. The highest BCUT2D eigenvalue weighted by atomic mass is 14.2. The van der Waals surface area contributed by atoms with Crippen LogP contribution in [0.4, 0.5) is 0 Å². The smallest absolute Gasteiger partial charge is 0.00509 e. The molecule has 1 aromatic rings. The van der Waals surface area contributed by atoms with Crippen molar-refractivity contribution in [2.75, 3.05) is 0 Å². The highest BCUT2D eigenvalue weighted by Gasteiger charge is 2.12. The van der Waals surface area contributed by atoms with Crippen molar-refractivity contribution >= 4 is 6.08 Å². The van der Waals surface area contributed by atoms with E-state index in [9.17, 15) is 0 Å². The number of rotatable bonds is 2. The minimum absolute atomic E-state index is 0.517. The van der Waals surface area contributed by atoms with Gasteiger partial charge in [-0.05, 0) is 29.9 Å². The van der Waals surface area contributed by atoms with Crippen molar-refractivity contribution in [3.8, 4) is 0 Å². The monoisotopic (exact) mass is 184 g/mol. The first-order valence-electron chi connectivity index (χ1n) is 5.22. The fourth-order valence-electron chi connectivity index (χ4n) is 1.96. The molecule has 0 aliphatic heterocycles. The van der Waals surface area contributed by atoms with Crippen LogP contribution < -0.4 is 0 Å². The first-order chi connectivity index (χ1) is 6.81. The van der Waals surface area contributed by atoms with Crippen molar-refractivity contribution in [1.29, 1.82) is 0 Å². The summed E-state index contributed by atoms with van der Waals surface area (Å²) in [6.07, 6.45) is 6.72. The van der Waals surface area contributed by atoms with E-state index in [1.54, 1.807) is 0 Å². The molecule has 1 aliphatic carbocycles. The van der Waals surface area contributed by atoms with Gasteiger partial charge in [0.05, 0.1) is 0 Å². The molecule has 72 valence electrons. The van der Waals surface area contributed by atoms with Crippen LogP contribution in [-0.4, -0.2) is 0 Å². The van der Waals surface area contributed by atoms with Gasteiger partial charge in [-0.3, -0.25) is 0 Å². The van der Waals surface area contributed by atoms with Crippen molar-refractivity contribution in [2.45, 2.75) is 19.8 Å². The van der Waals surface area contributed by atoms with Crippen LogP contribution in [0.25, 0.3) is 6.08 Å². The summed E-state index contributed by atoms with van der Waals surface area (Å²) in [6, 6.07) is 8.65. The van der Waals surface area contributed by atoms with Crippen LogP contribution in [0.1, 0.15) is 24.5 Å². The highest BCUT2D eigenvalue weighted by Crippen LogP contribution is 2.28. The molecule has 14 heavy (non-hydrogen) atoms. The molecular weight excluding hydrogens is 168 g/mol. The summed E-state index contributed by atoms with van der Waals surface area (Å²) >= 11 is 0. The summed E-state index contributed by atoms with van der Waals surface area (Å²) in [5.41, 5.74) is 4.38. The molecule has 2 rings (SSSR count). The maximum absolute atomic E-state index is 3.85. The quantitative estimate of drug-likeness (QED) is 0.613. The molecule has 0 nitrogen and oxygen atoms in total. The first kappa shape index (κ1) is 9.26. The molecule has 0 fully saturated rings. The number of benzene rings is 1. The van der Waals surface area contributed by atoms with Gasteiger partial charge in [0.1, 0.15) is 0 Å². The van der Waals surface area contributed by atoms with Gasteiger partial charge in [-0.25, -0.2) is 0 Å². The Hall–Kier alpha value is -1.30. The molecule has 0 spiro atoms. The van der Waals surface area contributed by atoms with E-state index in [0.29, 0.717) is 5.92 Å². The van der Waals surface area contributed by atoms with E-state index >= 15 is 0 Å². The van der Waals surface area contributed by atoms with E-state index in [0.717, 1.165) is 0 Å².